The van der Waals surface area contributed by atoms with Gasteiger partial charge in [-0.25, -0.2) is 4.98 Å². The molecule has 1 aromatic carbocycles. The highest BCUT2D eigenvalue weighted by Gasteiger charge is 2.33. The van der Waals surface area contributed by atoms with Gasteiger partial charge >= 0.3 is 0 Å². The molecule has 1 aromatic heterocycles. The molecule has 2 heterocycles. The van der Waals surface area contributed by atoms with Gasteiger partial charge in [-0.05, 0) is 43.5 Å². The second kappa shape index (κ2) is 6.70. The Morgan fingerprint density at radius 2 is 2.29 bits per heavy atom. The summed E-state index contributed by atoms with van der Waals surface area (Å²) < 4.78 is 5.34. The van der Waals surface area contributed by atoms with Crippen LogP contribution in [0.1, 0.15) is 18.4 Å². The maximum absolute atomic E-state index is 12.5. The fraction of sp³-hybridized carbons (Fsp3) is 0.278. The van der Waals surface area contributed by atoms with E-state index in [1.54, 1.807) is 11.1 Å². The number of oxazole rings is 1. The monoisotopic (exact) mass is 325 g/mol. The first-order chi connectivity index (χ1) is 11.6. The van der Waals surface area contributed by atoms with E-state index in [4.69, 9.17) is 4.42 Å². The summed E-state index contributed by atoms with van der Waals surface area (Å²) in [4.78, 5) is 30.1. The van der Waals surface area contributed by atoms with E-state index in [1.807, 2.05) is 25.1 Å². The van der Waals surface area contributed by atoms with E-state index in [0.717, 1.165) is 17.5 Å². The molecule has 0 saturated carbocycles. The summed E-state index contributed by atoms with van der Waals surface area (Å²) in [5.41, 5.74) is 2.47. The second-order valence-corrected chi connectivity index (χ2v) is 5.75. The Morgan fingerprint density at radius 3 is 3.00 bits per heavy atom. The molecule has 1 saturated heterocycles. The molecule has 2 amide bonds. The molecule has 0 radical (unpaired) electrons. The average molecular weight is 325 g/mol. The molecule has 24 heavy (non-hydrogen) atoms. The van der Waals surface area contributed by atoms with Crippen LogP contribution in [0.3, 0.4) is 0 Å². The number of likely N-dealkylation sites (tertiary alicyclic amines) is 1. The largest absolute Gasteiger partial charge is 0.445 e. The number of nitrogens with zero attached hydrogens (tertiary/aromatic N) is 2. The number of amides is 2. The predicted molar refractivity (Wildman–Crippen MR) is 90.2 cm³/mol. The van der Waals surface area contributed by atoms with Gasteiger partial charge in [-0.15, -0.1) is 0 Å². The SMILES string of the molecule is C=CC(=O)N1CCCC1C(=O)Nc1ccc(C)c(-c2ncco2)c1. The van der Waals surface area contributed by atoms with Crippen molar-refractivity contribution in [2.75, 3.05) is 11.9 Å². The van der Waals surface area contributed by atoms with Gasteiger partial charge in [0.25, 0.3) is 0 Å². The topological polar surface area (TPSA) is 75.4 Å². The van der Waals surface area contributed by atoms with Crippen LogP contribution in [-0.4, -0.2) is 34.3 Å². The van der Waals surface area contributed by atoms with E-state index >= 15 is 0 Å². The van der Waals surface area contributed by atoms with Crippen molar-refractivity contribution in [1.29, 1.82) is 0 Å². The number of aromatic nitrogens is 1. The first kappa shape index (κ1) is 16.0. The number of hydrogen-bond acceptors (Lipinski definition) is 4. The molecular weight excluding hydrogens is 306 g/mol. The van der Waals surface area contributed by atoms with Gasteiger partial charge in [0.1, 0.15) is 12.3 Å². The van der Waals surface area contributed by atoms with Crippen LogP contribution in [0, 0.1) is 6.92 Å². The van der Waals surface area contributed by atoms with Gasteiger partial charge in [-0.3, -0.25) is 9.59 Å². The Hall–Kier alpha value is -2.89. The Morgan fingerprint density at radius 1 is 1.46 bits per heavy atom. The summed E-state index contributed by atoms with van der Waals surface area (Å²) in [7, 11) is 0. The lowest BCUT2D eigenvalue weighted by molar-refractivity contribution is -0.132. The molecule has 3 rings (SSSR count). The third-order valence-electron chi connectivity index (χ3n) is 4.18. The van der Waals surface area contributed by atoms with Gasteiger partial charge in [0.2, 0.25) is 17.7 Å². The maximum Gasteiger partial charge on any atom is 0.247 e. The molecule has 2 aromatic rings. The van der Waals surface area contributed by atoms with Crippen LogP contribution in [0.25, 0.3) is 11.5 Å². The first-order valence-corrected chi connectivity index (χ1v) is 7.84. The van der Waals surface area contributed by atoms with Gasteiger partial charge in [-0.1, -0.05) is 12.6 Å². The molecule has 1 atom stereocenters. The van der Waals surface area contributed by atoms with Crippen LogP contribution < -0.4 is 5.32 Å². The van der Waals surface area contributed by atoms with Crippen LogP contribution in [0.4, 0.5) is 5.69 Å². The maximum atomic E-state index is 12.5. The molecule has 124 valence electrons. The zero-order chi connectivity index (χ0) is 17.1. The molecule has 0 spiro atoms. The van der Waals surface area contributed by atoms with Crippen LogP contribution in [-0.2, 0) is 9.59 Å². The Kier molecular flexibility index (Phi) is 4.46. The third-order valence-corrected chi connectivity index (χ3v) is 4.18. The average Bonchev–Trinajstić information content (AvgIpc) is 3.27. The number of aryl methyl sites for hydroxylation is 1. The molecule has 1 unspecified atom stereocenters. The van der Waals surface area contributed by atoms with Gasteiger partial charge in [-0.2, -0.15) is 0 Å². The minimum absolute atomic E-state index is 0.190. The van der Waals surface area contributed by atoms with Crippen molar-refractivity contribution in [3.8, 4) is 11.5 Å². The van der Waals surface area contributed by atoms with Crippen LogP contribution in [0.5, 0.6) is 0 Å². The van der Waals surface area contributed by atoms with Crippen LogP contribution >= 0.6 is 0 Å². The van der Waals surface area contributed by atoms with Crippen molar-refractivity contribution in [2.24, 2.45) is 0 Å². The molecule has 1 N–H and O–H groups in total. The Labute approximate surface area is 140 Å². The van der Waals surface area contributed by atoms with Gasteiger partial charge in [0.15, 0.2) is 0 Å². The summed E-state index contributed by atoms with van der Waals surface area (Å²) in [5.74, 6) is 0.106. The molecule has 0 bridgehead atoms. The van der Waals surface area contributed by atoms with E-state index in [9.17, 15) is 9.59 Å². The van der Waals surface area contributed by atoms with Gasteiger partial charge < -0.3 is 14.6 Å². The van der Waals surface area contributed by atoms with Crippen LogP contribution in [0.15, 0.2) is 47.7 Å². The van der Waals surface area contributed by atoms with E-state index < -0.39 is 6.04 Å². The lowest BCUT2D eigenvalue weighted by atomic mass is 10.1. The fourth-order valence-electron chi connectivity index (χ4n) is 2.93. The summed E-state index contributed by atoms with van der Waals surface area (Å²) in [6.45, 7) is 6.03. The van der Waals surface area contributed by atoms with Crippen molar-refractivity contribution in [3.05, 3.63) is 48.9 Å². The summed E-state index contributed by atoms with van der Waals surface area (Å²) >= 11 is 0. The summed E-state index contributed by atoms with van der Waals surface area (Å²) in [5, 5.41) is 2.89. The van der Waals surface area contributed by atoms with Crippen molar-refractivity contribution >= 4 is 17.5 Å². The van der Waals surface area contributed by atoms with E-state index in [0.29, 0.717) is 24.5 Å². The van der Waals surface area contributed by atoms with Crippen molar-refractivity contribution in [1.82, 2.24) is 9.88 Å². The molecule has 1 fully saturated rings. The highest BCUT2D eigenvalue weighted by Crippen LogP contribution is 2.26. The number of benzene rings is 1. The van der Waals surface area contributed by atoms with Gasteiger partial charge in [0, 0.05) is 17.8 Å². The molecule has 1 aliphatic heterocycles. The molecule has 1 aliphatic rings. The number of carbonyl (C=O) groups excluding carboxylic acids is 2. The summed E-state index contributed by atoms with van der Waals surface area (Å²) in [6, 6.07) is 5.10. The van der Waals surface area contributed by atoms with Crippen molar-refractivity contribution in [3.63, 3.8) is 0 Å². The lowest BCUT2D eigenvalue weighted by Crippen LogP contribution is -2.42. The fourth-order valence-corrected chi connectivity index (χ4v) is 2.93. The second-order valence-electron chi connectivity index (χ2n) is 5.75. The minimum Gasteiger partial charge on any atom is -0.445 e. The Bertz CT molecular complexity index is 768. The third kappa shape index (κ3) is 3.08. The minimum atomic E-state index is -0.456. The quantitative estimate of drug-likeness (QED) is 0.877. The molecule has 6 nitrogen and oxygen atoms in total. The highest BCUT2D eigenvalue weighted by molar-refractivity contribution is 5.99. The van der Waals surface area contributed by atoms with E-state index in [1.165, 1.54) is 12.3 Å². The predicted octanol–water partition coefficient (Wildman–Crippen LogP) is 2.77. The molecule has 6 heteroatoms. The smallest absolute Gasteiger partial charge is 0.247 e. The van der Waals surface area contributed by atoms with Crippen molar-refractivity contribution in [2.45, 2.75) is 25.8 Å². The number of rotatable bonds is 4. The number of carbonyl (C=O) groups is 2. The molecular formula is C18H19N3O3. The number of hydrogen-bond donors (Lipinski definition) is 1. The number of anilines is 1. The van der Waals surface area contributed by atoms with E-state index in [2.05, 4.69) is 16.9 Å². The number of nitrogens with one attached hydrogen (secondary N) is 1. The normalized spacial score (nSPS) is 16.9. The zero-order valence-electron chi connectivity index (χ0n) is 13.5. The zero-order valence-corrected chi connectivity index (χ0v) is 13.5. The molecule has 0 aliphatic carbocycles. The summed E-state index contributed by atoms with van der Waals surface area (Å²) in [6.07, 6.45) is 5.81. The Balaban J connectivity index is 1.79. The standard InChI is InChI=1S/C18H19N3O3/c1-3-16(22)21-9-4-5-15(21)17(23)20-13-7-6-12(2)14(11-13)18-19-8-10-24-18/h3,6-8,10-11,15H,1,4-5,9H2,2H3,(H,20,23). The van der Waals surface area contributed by atoms with Crippen molar-refractivity contribution < 1.29 is 14.0 Å². The highest BCUT2D eigenvalue weighted by atomic mass is 16.3. The van der Waals surface area contributed by atoms with Crippen LogP contribution in [0.2, 0.25) is 0 Å². The van der Waals surface area contributed by atoms with E-state index in [-0.39, 0.29) is 11.8 Å². The first-order valence-electron chi connectivity index (χ1n) is 7.84. The lowest BCUT2D eigenvalue weighted by Gasteiger charge is -2.22. The van der Waals surface area contributed by atoms with Gasteiger partial charge in [0.05, 0.1) is 6.20 Å².